The summed E-state index contributed by atoms with van der Waals surface area (Å²) in [5.74, 6) is -3.79. The smallest absolute Gasteiger partial charge is 0.200 e. The zero-order valence-corrected chi connectivity index (χ0v) is 32.5. The summed E-state index contributed by atoms with van der Waals surface area (Å²) in [5, 5.41) is 35.9. The average molecular weight is 741 g/mol. The van der Waals surface area contributed by atoms with Crippen molar-refractivity contribution in [3.05, 3.63) is 23.8 Å². The van der Waals surface area contributed by atoms with Crippen LogP contribution in [-0.2, 0) is 28.5 Å². The first-order chi connectivity index (χ1) is 25.1. The molecule has 7 bridgehead atoms. The lowest BCUT2D eigenvalue weighted by molar-refractivity contribution is -0.427. The van der Waals surface area contributed by atoms with Gasteiger partial charge in [-0.3, -0.25) is 4.99 Å². The van der Waals surface area contributed by atoms with Crippen molar-refractivity contribution < 1.29 is 49.5 Å². The van der Waals surface area contributed by atoms with Gasteiger partial charge in [0.15, 0.2) is 11.6 Å². The molecule has 4 spiro atoms. The fourth-order valence-electron chi connectivity index (χ4n) is 11.8. The Morgan fingerprint density at radius 3 is 2.49 bits per heavy atom. The largest absolute Gasteiger partial charge is 0.544 e. The van der Waals surface area contributed by atoms with Crippen LogP contribution in [0.2, 0.25) is 0 Å². The highest BCUT2D eigenvalue weighted by molar-refractivity contribution is 5.91. The van der Waals surface area contributed by atoms with Crippen LogP contribution in [0.4, 0.5) is 0 Å². The van der Waals surface area contributed by atoms with Crippen LogP contribution in [0.5, 0.6) is 0 Å². The number of aliphatic imine (C=N–C) groups is 1. The molecule has 5 N–H and O–H groups in total. The number of hydrogen-bond donors (Lipinski definition) is 3. The molecule has 0 aromatic rings. The van der Waals surface area contributed by atoms with Gasteiger partial charge in [0.1, 0.15) is 23.7 Å². The van der Waals surface area contributed by atoms with E-state index in [0.29, 0.717) is 56.8 Å². The summed E-state index contributed by atoms with van der Waals surface area (Å²) >= 11 is 0. The second-order valence-electron chi connectivity index (χ2n) is 19.0. The fraction of sp³-hybridized carbons (Fsp3) is 0.857. The van der Waals surface area contributed by atoms with E-state index < -0.39 is 58.7 Å². The first-order valence-corrected chi connectivity index (χ1v) is 20.8. The van der Waals surface area contributed by atoms with Gasteiger partial charge in [-0.15, -0.1) is 0 Å². The molecule has 0 amide bonds. The van der Waals surface area contributed by atoms with Crippen molar-refractivity contribution in [2.45, 2.75) is 190 Å². The first-order valence-electron chi connectivity index (χ1n) is 20.8. The molecule has 0 saturated carbocycles. The molecule has 6 unspecified atom stereocenters. The quantitative estimate of drug-likeness (QED) is 0.356. The van der Waals surface area contributed by atoms with E-state index in [1.165, 1.54) is 5.71 Å². The molecule has 11 heteroatoms. The molecule has 7 heterocycles. The molecule has 53 heavy (non-hydrogen) atoms. The number of nitrogens with zero attached hydrogens (tertiary/aromatic N) is 1. The highest BCUT2D eigenvalue weighted by Gasteiger charge is 2.66. The number of carbonyl (C=O) groups excluding carboxylic acids is 1. The van der Waals surface area contributed by atoms with E-state index >= 15 is 0 Å². The lowest BCUT2D eigenvalue weighted by atomic mass is 9.57. The summed E-state index contributed by atoms with van der Waals surface area (Å²) in [5.41, 5.74) is 5.51. The molecule has 6 saturated heterocycles. The van der Waals surface area contributed by atoms with Gasteiger partial charge < -0.3 is 49.5 Å². The zero-order chi connectivity index (χ0) is 37.6. The Morgan fingerprint density at radius 2 is 1.70 bits per heavy atom. The molecule has 0 aromatic carbocycles. The van der Waals surface area contributed by atoms with Crippen molar-refractivity contribution in [3.63, 3.8) is 0 Å². The molecular formula is C42H64N2O9. The van der Waals surface area contributed by atoms with Crippen LogP contribution in [0.3, 0.4) is 0 Å². The third kappa shape index (κ3) is 6.60. The van der Waals surface area contributed by atoms with Gasteiger partial charge in [-0.2, -0.15) is 0 Å². The zero-order valence-electron chi connectivity index (χ0n) is 32.5. The number of aliphatic hydroxyl groups excluding tert-OH is 1. The minimum absolute atomic E-state index is 0.0816. The van der Waals surface area contributed by atoms with E-state index in [-0.39, 0.29) is 24.0 Å². The first kappa shape index (κ1) is 38.2. The second kappa shape index (κ2) is 13.7. The summed E-state index contributed by atoms with van der Waals surface area (Å²) in [6, 6.07) is -0.974. The SMILES string of the molecule is C=C1CCCC2=NCC(C)[C@@H](C)C[C@@]23CCC([C@H]([NH3+])C(=O)[O-])=C[C@@H]3[C@@H]2O[C@@]3(CC(C)C(O)C2O3)C[C@H]2CCCC3(CCC4(O[C@@H](CC[C@@]4(C)O)C1)O3)O2. The lowest BCUT2D eigenvalue weighted by Crippen LogP contribution is -2.69. The Kier molecular flexibility index (Phi) is 9.91. The predicted octanol–water partition coefficient (Wildman–Crippen LogP) is 3.89. The molecule has 296 valence electrons. The van der Waals surface area contributed by atoms with Gasteiger partial charge in [-0.05, 0) is 101 Å². The highest BCUT2D eigenvalue weighted by Crippen LogP contribution is 2.59. The topological polar surface area (TPSA) is 167 Å². The fourth-order valence-corrected chi connectivity index (χ4v) is 11.8. The molecular weight excluding hydrogens is 676 g/mol. The van der Waals surface area contributed by atoms with Crippen molar-refractivity contribution in [2.24, 2.45) is 34.1 Å². The maximum absolute atomic E-state index is 12.2. The number of rotatable bonds is 2. The molecule has 11 nitrogen and oxygen atoms in total. The number of fused-ring (bicyclic) bond motifs is 6. The van der Waals surface area contributed by atoms with Gasteiger partial charge in [0.2, 0.25) is 5.79 Å². The Labute approximate surface area is 315 Å². The van der Waals surface area contributed by atoms with Gasteiger partial charge >= 0.3 is 0 Å². The standard InChI is InChI=1S/C42H64N2O9/c1-24-8-6-10-32-39(20-25(2)27(4)23-44-32)15-11-28(33(43)37(46)47)19-31(39)35-36-34(45)26(3)21-41(51-35,52-36)22-30-9-7-13-40(49-30)16-17-42(53-40)38(5,48)14-12-29(18-24)50-42/h19,25-27,29-31,33-36,45,48H,1,6-18,20-23,43H2,2-5H3,(H,46,47)/t25-,26?,27?,29-,30+,31+,33-,34?,35-,36?,38+,39+,40?,41+,42?/m0/s1. The average Bonchev–Trinajstić information content (AvgIpc) is 3.58. The van der Waals surface area contributed by atoms with Crippen LogP contribution >= 0.6 is 0 Å². The summed E-state index contributed by atoms with van der Waals surface area (Å²) in [6.45, 7) is 13.8. The number of carboxylic acid groups (broad SMARTS) is 1. The molecule has 15 atom stereocenters. The molecule has 8 aliphatic rings. The number of ether oxygens (including phenoxy) is 5. The number of aliphatic hydroxyl groups is 2. The van der Waals surface area contributed by atoms with E-state index in [0.717, 1.165) is 75.5 Å². The van der Waals surface area contributed by atoms with Crippen LogP contribution in [-0.4, -0.2) is 88.0 Å². The molecule has 7 aliphatic heterocycles. The third-order valence-corrected chi connectivity index (χ3v) is 15.1. The normalized spacial score (nSPS) is 50.9. The monoisotopic (exact) mass is 740 g/mol. The number of carbonyl (C=O) groups is 1. The summed E-state index contributed by atoms with van der Waals surface area (Å²) in [7, 11) is 0. The van der Waals surface area contributed by atoms with E-state index in [4.69, 9.17) is 28.7 Å². The van der Waals surface area contributed by atoms with E-state index in [1.54, 1.807) is 0 Å². The molecule has 0 aromatic heterocycles. The number of carboxylic acids is 1. The van der Waals surface area contributed by atoms with Gasteiger partial charge in [0.05, 0.1) is 24.4 Å². The van der Waals surface area contributed by atoms with Gasteiger partial charge in [0.25, 0.3) is 0 Å². The molecule has 8 rings (SSSR count). The van der Waals surface area contributed by atoms with Crippen molar-refractivity contribution in [2.75, 3.05) is 6.54 Å². The van der Waals surface area contributed by atoms with E-state index in [9.17, 15) is 20.1 Å². The summed E-state index contributed by atoms with van der Waals surface area (Å²) < 4.78 is 34.9. The Bertz CT molecular complexity index is 1510. The van der Waals surface area contributed by atoms with Crippen molar-refractivity contribution in [3.8, 4) is 0 Å². The highest BCUT2D eigenvalue weighted by atomic mass is 16.8. The predicted molar refractivity (Wildman–Crippen MR) is 194 cm³/mol. The molecule has 0 radical (unpaired) electrons. The maximum Gasteiger partial charge on any atom is 0.200 e. The minimum atomic E-state index is -1.18. The minimum Gasteiger partial charge on any atom is -0.544 e. The molecule has 6 fully saturated rings. The van der Waals surface area contributed by atoms with Crippen LogP contribution in [0.25, 0.3) is 0 Å². The number of aliphatic carboxylic acids is 1. The van der Waals surface area contributed by atoms with Crippen molar-refractivity contribution >= 4 is 11.7 Å². The Hall–Kier alpha value is -1.70. The second-order valence-corrected chi connectivity index (χ2v) is 19.0. The summed E-state index contributed by atoms with van der Waals surface area (Å²) in [4.78, 5) is 17.7. The third-order valence-electron chi connectivity index (χ3n) is 15.1. The van der Waals surface area contributed by atoms with Crippen molar-refractivity contribution in [1.29, 1.82) is 0 Å². The van der Waals surface area contributed by atoms with E-state index in [2.05, 4.69) is 39.2 Å². The number of quaternary nitrogens is 1. The Balaban J connectivity index is 1.21. The van der Waals surface area contributed by atoms with Crippen LogP contribution < -0.4 is 10.8 Å². The van der Waals surface area contributed by atoms with Gasteiger partial charge in [-0.1, -0.05) is 39.0 Å². The maximum atomic E-state index is 12.2. The number of hydrogen-bond acceptors (Lipinski definition) is 10. The van der Waals surface area contributed by atoms with E-state index in [1.807, 2.05) is 6.92 Å². The van der Waals surface area contributed by atoms with Crippen LogP contribution in [0, 0.1) is 29.1 Å². The molecule has 1 aliphatic carbocycles. The summed E-state index contributed by atoms with van der Waals surface area (Å²) in [6.07, 6.45) is 11.3. The van der Waals surface area contributed by atoms with Crippen LogP contribution in [0.1, 0.15) is 130 Å². The van der Waals surface area contributed by atoms with Crippen molar-refractivity contribution in [1.82, 2.24) is 0 Å². The lowest BCUT2D eigenvalue weighted by Gasteiger charge is -2.50. The Morgan fingerprint density at radius 1 is 0.906 bits per heavy atom. The van der Waals surface area contributed by atoms with Gasteiger partial charge in [0, 0.05) is 55.7 Å². The van der Waals surface area contributed by atoms with Gasteiger partial charge in [-0.25, -0.2) is 0 Å². The van der Waals surface area contributed by atoms with Crippen LogP contribution in [0.15, 0.2) is 28.8 Å².